The average Bonchev–Trinajstić information content (AvgIpc) is 3.20. The molecule has 9 aromatic carbocycles. The summed E-state index contributed by atoms with van der Waals surface area (Å²) >= 11 is 0. The summed E-state index contributed by atoms with van der Waals surface area (Å²) in [7, 11) is 0. The summed E-state index contributed by atoms with van der Waals surface area (Å²) in [6.07, 6.45) is 3.76. The van der Waals surface area contributed by atoms with E-state index in [4.69, 9.17) is 9.97 Å². The van der Waals surface area contributed by atoms with E-state index in [1.807, 2.05) is 24.5 Å². The first-order valence-electron chi connectivity index (χ1n) is 17.2. The molecule has 0 aliphatic carbocycles. The lowest BCUT2D eigenvalue weighted by Crippen LogP contribution is -1.95. The zero-order chi connectivity index (χ0) is 32.8. The predicted octanol–water partition coefficient (Wildman–Crippen LogP) is 13.0. The predicted molar refractivity (Wildman–Crippen MR) is 213 cm³/mol. The number of rotatable bonds is 2. The van der Waals surface area contributed by atoms with Crippen molar-refractivity contribution in [3.05, 3.63) is 170 Å². The summed E-state index contributed by atoms with van der Waals surface area (Å²) in [5.41, 5.74) is 6.53. The Balaban J connectivity index is 1.30. The molecule has 11 aromatic rings. The normalized spacial score (nSPS) is 12.0. The van der Waals surface area contributed by atoms with Gasteiger partial charge in [0.05, 0.1) is 11.0 Å². The zero-order valence-electron chi connectivity index (χ0n) is 27.1. The first-order valence-corrected chi connectivity index (χ1v) is 17.2. The first-order chi connectivity index (χ1) is 24.8. The van der Waals surface area contributed by atoms with E-state index in [-0.39, 0.29) is 0 Å². The highest BCUT2D eigenvalue weighted by Crippen LogP contribution is 2.47. The Hall–Kier alpha value is -6.64. The molecule has 0 fully saturated rings. The van der Waals surface area contributed by atoms with Crippen LogP contribution in [0.3, 0.4) is 0 Å². The molecule has 2 heterocycles. The fourth-order valence-corrected chi connectivity index (χ4v) is 8.59. The summed E-state index contributed by atoms with van der Waals surface area (Å²) in [5.74, 6) is 0. The Morgan fingerprint density at radius 2 is 0.520 bits per heavy atom. The number of aromatic nitrogens is 2. The number of hydrogen-bond acceptors (Lipinski definition) is 2. The van der Waals surface area contributed by atoms with E-state index in [1.54, 1.807) is 0 Å². The third kappa shape index (κ3) is 3.79. The van der Waals surface area contributed by atoms with Crippen molar-refractivity contribution in [1.82, 2.24) is 9.97 Å². The van der Waals surface area contributed by atoms with Crippen LogP contribution in [0.5, 0.6) is 0 Å². The summed E-state index contributed by atoms with van der Waals surface area (Å²) < 4.78 is 0. The third-order valence-corrected chi connectivity index (χ3v) is 10.7. The van der Waals surface area contributed by atoms with Crippen molar-refractivity contribution in [3.8, 4) is 22.3 Å². The van der Waals surface area contributed by atoms with Crippen LogP contribution in [0.15, 0.2) is 170 Å². The SMILES string of the molecule is c1cnc2c(c1)c(-c1ccc3c4ccccc4c4ccccc4c3c1)c(-c1ccc3c4ccccc4c4ccccc4c3c1)c1cccnc12. The summed E-state index contributed by atoms with van der Waals surface area (Å²) in [6.45, 7) is 0. The van der Waals surface area contributed by atoms with E-state index in [0.717, 1.165) is 21.8 Å². The van der Waals surface area contributed by atoms with E-state index in [0.29, 0.717) is 0 Å². The molecule has 0 atom stereocenters. The second-order valence-corrected chi connectivity index (χ2v) is 13.3. The van der Waals surface area contributed by atoms with E-state index < -0.39 is 0 Å². The summed E-state index contributed by atoms with van der Waals surface area (Å²) in [5, 5.41) is 17.4. The van der Waals surface area contributed by atoms with Crippen LogP contribution in [0.2, 0.25) is 0 Å². The van der Waals surface area contributed by atoms with Gasteiger partial charge in [-0.15, -0.1) is 0 Å². The van der Waals surface area contributed by atoms with E-state index in [1.165, 1.54) is 86.9 Å². The van der Waals surface area contributed by atoms with Crippen LogP contribution in [0.1, 0.15) is 0 Å². The molecule has 2 nitrogen and oxygen atoms in total. The lowest BCUT2D eigenvalue weighted by atomic mass is 9.85. The molecular weight excluding hydrogens is 605 g/mol. The number of hydrogen-bond donors (Lipinski definition) is 0. The van der Waals surface area contributed by atoms with Crippen molar-refractivity contribution in [1.29, 1.82) is 0 Å². The van der Waals surface area contributed by atoms with Crippen molar-refractivity contribution in [2.45, 2.75) is 0 Å². The van der Waals surface area contributed by atoms with Crippen molar-refractivity contribution >= 4 is 86.4 Å². The molecule has 50 heavy (non-hydrogen) atoms. The van der Waals surface area contributed by atoms with Gasteiger partial charge in [0.25, 0.3) is 0 Å². The van der Waals surface area contributed by atoms with Gasteiger partial charge in [-0.25, -0.2) is 0 Å². The Labute approximate surface area is 287 Å². The minimum absolute atomic E-state index is 0.919. The fourth-order valence-electron chi connectivity index (χ4n) is 8.59. The number of benzene rings is 9. The molecule has 2 aromatic heterocycles. The minimum Gasteiger partial charge on any atom is -0.254 e. The highest BCUT2D eigenvalue weighted by atomic mass is 14.7. The van der Waals surface area contributed by atoms with E-state index >= 15 is 0 Å². The van der Waals surface area contributed by atoms with Crippen molar-refractivity contribution < 1.29 is 0 Å². The maximum Gasteiger partial charge on any atom is 0.0971 e. The molecule has 0 amide bonds. The Morgan fingerprint density at radius 3 is 0.860 bits per heavy atom. The minimum atomic E-state index is 0.919. The van der Waals surface area contributed by atoms with Gasteiger partial charge in [0.15, 0.2) is 0 Å². The van der Waals surface area contributed by atoms with E-state index in [9.17, 15) is 0 Å². The van der Waals surface area contributed by atoms with Gasteiger partial charge < -0.3 is 0 Å². The average molecular weight is 633 g/mol. The van der Waals surface area contributed by atoms with Crippen LogP contribution >= 0.6 is 0 Å². The third-order valence-electron chi connectivity index (χ3n) is 10.7. The second kappa shape index (κ2) is 10.4. The number of fused-ring (bicyclic) bond motifs is 15. The second-order valence-electron chi connectivity index (χ2n) is 13.3. The van der Waals surface area contributed by atoms with Crippen molar-refractivity contribution in [2.75, 3.05) is 0 Å². The van der Waals surface area contributed by atoms with Gasteiger partial charge in [-0.2, -0.15) is 0 Å². The van der Waals surface area contributed by atoms with Gasteiger partial charge in [0.1, 0.15) is 0 Å². The smallest absolute Gasteiger partial charge is 0.0971 e. The molecule has 230 valence electrons. The van der Waals surface area contributed by atoms with Gasteiger partial charge in [0.2, 0.25) is 0 Å². The summed E-state index contributed by atoms with van der Waals surface area (Å²) in [6, 6.07) is 57.7. The fraction of sp³-hybridized carbons (Fsp3) is 0. The molecule has 11 rings (SSSR count). The van der Waals surface area contributed by atoms with Gasteiger partial charge in [-0.05, 0) is 111 Å². The standard InChI is InChI=1S/C48H28N2/c1-3-15-35-31(11-1)33-13-5-7-17-37(33)43-27-29(21-23-39(35)43)45-41-19-9-25-49-47(41)48-42(20-10-26-50-48)46(45)30-22-24-40-36-16-4-2-12-32(36)34-14-6-8-18-38(34)44(40)28-30/h1-28H. The van der Waals surface area contributed by atoms with Gasteiger partial charge in [-0.1, -0.05) is 133 Å². The lowest BCUT2D eigenvalue weighted by Gasteiger charge is -2.19. The number of pyridine rings is 2. The maximum atomic E-state index is 4.95. The Morgan fingerprint density at radius 1 is 0.240 bits per heavy atom. The maximum absolute atomic E-state index is 4.95. The molecule has 0 saturated carbocycles. The van der Waals surface area contributed by atoms with Crippen LogP contribution in [0.4, 0.5) is 0 Å². The molecule has 0 spiro atoms. The monoisotopic (exact) mass is 632 g/mol. The molecule has 0 N–H and O–H groups in total. The van der Waals surface area contributed by atoms with Gasteiger partial charge in [0, 0.05) is 23.2 Å². The molecule has 0 radical (unpaired) electrons. The lowest BCUT2D eigenvalue weighted by molar-refractivity contribution is 1.37. The van der Waals surface area contributed by atoms with Gasteiger partial charge >= 0.3 is 0 Å². The van der Waals surface area contributed by atoms with Crippen LogP contribution in [0, 0.1) is 0 Å². The highest BCUT2D eigenvalue weighted by Gasteiger charge is 2.21. The summed E-state index contributed by atoms with van der Waals surface area (Å²) in [4.78, 5) is 9.89. The molecule has 0 aliphatic rings. The molecule has 0 bridgehead atoms. The molecule has 0 aliphatic heterocycles. The molecular formula is C48H28N2. The van der Waals surface area contributed by atoms with Crippen molar-refractivity contribution in [3.63, 3.8) is 0 Å². The first kappa shape index (κ1) is 27.3. The van der Waals surface area contributed by atoms with Crippen LogP contribution in [-0.4, -0.2) is 9.97 Å². The highest BCUT2D eigenvalue weighted by molar-refractivity contribution is 6.28. The van der Waals surface area contributed by atoms with Crippen LogP contribution in [-0.2, 0) is 0 Å². The Kier molecular flexibility index (Phi) is 5.70. The molecule has 0 unspecified atom stereocenters. The zero-order valence-corrected chi connectivity index (χ0v) is 27.1. The van der Waals surface area contributed by atoms with Gasteiger partial charge in [-0.3, -0.25) is 9.97 Å². The van der Waals surface area contributed by atoms with Crippen LogP contribution < -0.4 is 0 Å². The molecule has 0 saturated heterocycles. The largest absolute Gasteiger partial charge is 0.254 e. The Bertz CT molecular complexity index is 2920. The van der Waals surface area contributed by atoms with Crippen molar-refractivity contribution in [2.24, 2.45) is 0 Å². The van der Waals surface area contributed by atoms with Crippen LogP contribution in [0.25, 0.3) is 109 Å². The molecule has 2 heteroatoms. The van der Waals surface area contributed by atoms with E-state index in [2.05, 4.69) is 146 Å². The topological polar surface area (TPSA) is 25.8 Å². The number of nitrogens with zero attached hydrogens (tertiary/aromatic N) is 2. The quantitative estimate of drug-likeness (QED) is 0.177.